The van der Waals surface area contributed by atoms with E-state index in [4.69, 9.17) is 9.72 Å². The Morgan fingerprint density at radius 1 is 0.964 bits per heavy atom. The van der Waals surface area contributed by atoms with Crippen LogP contribution < -0.4 is 9.46 Å². The van der Waals surface area contributed by atoms with Gasteiger partial charge in [-0.3, -0.25) is 19.2 Å². The summed E-state index contributed by atoms with van der Waals surface area (Å²) in [6, 6.07) is 13.3. The molecule has 0 radical (unpaired) electrons. The lowest BCUT2D eigenvalue weighted by molar-refractivity contribution is -0.118. The van der Waals surface area contributed by atoms with Crippen LogP contribution in [0, 0.1) is 0 Å². The Bertz CT molecular complexity index is 2350. The van der Waals surface area contributed by atoms with Crippen LogP contribution in [0.2, 0.25) is 0 Å². The Morgan fingerprint density at radius 2 is 1.77 bits per heavy atom. The van der Waals surface area contributed by atoms with E-state index >= 15 is 0 Å². The number of carbonyl (C=O) groups excluding carboxylic acids is 2. The maximum absolute atomic E-state index is 14.9. The minimum atomic E-state index is -3.76. The number of rotatable bonds is 10. The smallest absolute Gasteiger partial charge is 0.273 e. The second kappa shape index (κ2) is 14.5. The molecule has 2 amide bonds. The number of amides is 2. The van der Waals surface area contributed by atoms with Crippen molar-refractivity contribution in [3.63, 3.8) is 0 Å². The van der Waals surface area contributed by atoms with E-state index < -0.39 is 21.2 Å². The summed E-state index contributed by atoms with van der Waals surface area (Å²) in [5.74, 6) is 0.660. The highest BCUT2D eigenvalue weighted by Gasteiger charge is 2.46. The minimum absolute atomic E-state index is 0.0600. The molecule has 56 heavy (non-hydrogen) atoms. The molecule has 5 heterocycles. The van der Waals surface area contributed by atoms with Gasteiger partial charge in [0.05, 0.1) is 43.0 Å². The first kappa shape index (κ1) is 37.2. The van der Waals surface area contributed by atoms with Gasteiger partial charge in [-0.1, -0.05) is 38.3 Å². The van der Waals surface area contributed by atoms with Crippen molar-refractivity contribution in [2.75, 3.05) is 26.7 Å². The van der Waals surface area contributed by atoms with E-state index in [0.717, 1.165) is 108 Å². The van der Waals surface area contributed by atoms with E-state index in [9.17, 15) is 18.0 Å². The summed E-state index contributed by atoms with van der Waals surface area (Å²) in [6.07, 6.45) is 14.1. The van der Waals surface area contributed by atoms with E-state index in [1.807, 2.05) is 18.5 Å². The van der Waals surface area contributed by atoms with Gasteiger partial charge in [0.25, 0.3) is 5.91 Å². The highest BCUT2D eigenvalue weighted by atomic mass is 32.2. The highest BCUT2D eigenvalue weighted by Crippen LogP contribution is 2.48. The first-order chi connectivity index (χ1) is 27.0. The zero-order valence-corrected chi connectivity index (χ0v) is 33.9. The van der Waals surface area contributed by atoms with Crippen LogP contribution in [0.5, 0.6) is 5.75 Å². The maximum atomic E-state index is 14.9. The fraction of sp³-hybridized carbons (Fsp3) is 0.523. The minimum Gasteiger partial charge on any atom is -0.497 e. The highest BCUT2D eigenvalue weighted by molar-refractivity contribution is 7.90. The van der Waals surface area contributed by atoms with Gasteiger partial charge in [0.1, 0.15) is 11.4 Å². The number of aromatic nitrogens is 3. The number of hydrogen-bond donors (Lipinski definition) is 1. The molecule has 4 fully saturated rings. The van der Waals surface area contributed by atoms with Gasteiger partial charge in [0.15, 0.2) is 0 Å². The number of benzene rings is 2. The number of methoxy groups -OCH3 is 1. The largest absolute Gasteiger partial charge is 0.497 e. The summed E-state index contributed by atoms with van der Waals surface area (Å²) in [5.41, 5.74) is 8.71. The lowest BCUT2D eigenvalue weighted by atomic mass is 9.81. The van der Waals surface area contributed by atoms with Crippen molar-refractivity contribution in [1.82, 2.24) is 28.6 Å². The lowest BCUT2D eigenvalue weighted by Crippen LogP contribution is -2.49. The van der Waals surface area contributed by atoms with Crippen LogP contribution in [0.15, 0.2) is 42.7 Å². The van der Waals surface area contributed by atoms with Crippen LogP contribution in [-0.4, -0.2) is 88.2 Å². The van der Waals surface area contributed by atoms with E-state index in [1.165, 1.54) is 24.8 Å². The summed E-state index contributed by atoms with van der Waals surface area (Å²) in [6.45, 7) is 8.47. The van der Waals surface area contributed by atoms with Gasteiger partial charge in [-0.05, 0) is 112 Å². The average Bonchev–Trinajstić information content (AvgIpc) is 3.93. The Labute approximate surface area is 330 Å². The number of imidazole rings is 1. The molecule has 4 aromatic rings. The molecule has 2 bridgehead atoms. The molecule has 2 unspecified atom stereocenters. The van der Waals surface area contributed by atoms with E-state index in [1.54, 1.807) is 21.0 Å². The predicted octanol–water partition coefficient (Wildman–Crippen LogP) is 7.16. The van der Waals surface area contributed by atoms with Crippen LogP contribution in [0.25, 0.3) is 33.8 Å². The van der Waals surface area contributed by atoms with Crippen LogP contribution in [0.1, 0.15) is 123 Å². The molecule has 3 aliphatic heterocycles. The van der Waals surface area contributed by atoms with Crippen molar-refractivity contribution in [3.8, 4) is 17.0 Å². The third-order valence-corrected chi connectivity index (χ3v) is 15.1. The molecule has 2 aromatic carbocycles. The van der Waals surface area contributed by atoms with Crippen LogP contribution in [-0.2, 0) is 27.8 Å². The number of fused-ring (bicyclic) bond motifs is 7. The fourth-order valence-electron chi connectivity index (χ4n) is 10.1. The summed E-state index contributed by atoms with van der Waals surface area (Å²) in [4.78, 5) is 37.8. The van der Waals surface area contributed by atoms with Gasteiger partial charge in [0, 0.05) is 53.3 Å². The van der Waals surface area contributed by atoms with E-state index in [2.05, 4.69) is 60.9 Å². The number of nitrogens with zero attached hydrogens (tertiary/aromatic N) is 5. The average molecular weight is 779 g/mol. The molecular formula is C44H54N6O5S. The third-order valence-electron chi connectivity index (χ3n) is 13.4. The number of ether oxygens (including phenoxy) is 1. The number of piperazine rings is 1. The van der Waals surface area contributed by atoms with E-state index in [-0.39, 0.29) is 24.4 Å². The van der Waals surface area contributed by atoms with E-state index in [0.29, 0.717) is 24.2 Å². The molecule has 0 spiro atoms. The van der Waals surface area contributed by atoms with Gasteiger partial charge in [-0.15, -0.1) is 0 Å². The maximum Gasteiger partial charge on any atom is 0.273 e. The second-order valence-corrected chi connectivity index (χ2v) is 19.2. The summed E-state index contributed by atoms with van der Waals surface area (Å²) in [7, 11) is -2.07. The third kappa shape index (κ3) is 6.37. The molecule has 2 saturated heterocycles. The number of allylic oxidation sites excluding steroid dienone is 1. The van der Waals surface area contributed by atoms with Crippen LogP contribution in [0.3, 0.4) is 0 Å². The first-order valence-electron chi connectivity index (χ1n) is 20.7. The zero-order valence-electron chi connectivity index (χ0n) is 33.1. The molecule has 9 rings (SSSR count). The van der Waals surface area contributed by atoms with Gasteiger partial charge in [0.2, 0.25) is 15.9 Å². The van der Waals surface area contributed by atoms with Crippen molar-refractivity contribution in [2.45, 2.75) is 121 Å². The van der Waals surface area contributed by atoms with Gasteiger partial charge >= 0.3 is 0 Å². The molecule has 11 nitrogen and oxygen atoms in total. The number of likely N-dealkylation sites (N-methyl/N-ethyl adjacent to an activating group) is 1. The molecule has 5 aliphatic rings. The number of nitrogens with one attached hydrogen (secondary N) is 1. The van der Waals surface area contributed by atoms with Crippen LogP contribution >= 0.6 is 0 Å². The second-order valence-electron chi connectivity index (χ2n) is 17.0. The van der Waals surface area contributed by atoms with Crippen molar-refractivity contribution in [1.29, 1.82) is 0 Å². The molecule has 1 N–H and O–H groups in total. The summed E-state index contributed by atoms with van der Waals surface area (Å²) >= 11 is 0. The first-order valence-corrected chi connectivity index (χ1v) is 22.3. The van der Waals surface area contributed by atoms with Crippen molar-refractivity contribution in [3.05, 3.63) is 70.8 Å². The zero-order chi connectivity index (χ0) is 38.9. The quantitative estimate of drug-likeness (QED) is 0.182. The number of carbonyl (C=O) groups is 2. The molecule has 2 atom stereocenters. The Balaban J connectivity index is 1.20. The number of likely N-dealkylation sites (tertiary alicyclic amines) is 2. The topological polar surface area (TPSA) is 119 Å². The van der Waals surface area contributed by atoms with Gasteiger partial charge in [-0.25, -0.2) is 13.4 Å². The van der Waals surface area contributed by atoms with Crippen molar-refractivity contribution >= 4 is 44.4 Å². The number of sulfonamides is 1. The SMILES string of the molecule is CCN1CC2CC1CN2C(=O)c1c(C2=Cc3cc(OC)ccc3-c3c(C4CCCCC4)c4ccc(CC(=O)NS(=O)(=O)C(C)C)cc4n3C2)ncn1C1CCC1. The Morgan fingerprint density at radius 3 is 2.45 bits per heavy atom. The molecule has 2 aromatic heterocycles. The molecular weight excluding hydrogens is 725 g/mol. The van der Waals surface area contributed by atoms with Gasteiger partial charge < -0.3 is 18.8 Å². The Hall–Kier alpha value is -4.42. The number of hydrogen-bond acceptors (Lipinski definition) is 7. The van der Waals surface area contributed by atoms with Gasteiger partial charge in [-0.2, -0.15) is 0 Å². The summed E-state index contributed by atoms with van der Waals surface area (Å²) in [5, 5.41) is 0.437. The van der Waals surface area contributed by atoms with Crippen molar-refractivity contribution < 1.29 is 22.7 Å². The molecule has 296 valence electrons. The predicted molar refractivity (Wildman–Crippen MR) is 219 cm³/mol. The standard InChI is InChI=1S/C44H54N6O5S/c1-5-47-24-34-22-33(47)25-48(34)44(52)43-41(45-26-50(43)32-12-9-13-32)31-20-30-21-35(55-4)15-17-36(30)42-40(29-10-7-6-8-11-29)37-16-14-28(18-38(37)49(42)23-31)19-39(51)46-56(53,54)27(2)3/h14-18,20-21,26-27,29,32-34H,5-13,19,22-25H2,1-4H3,(H,46,51). The lowest BCUT2D eigenvalue weighted by Gasteiger charge is -2.35. The Kier molecular flexibility index (Phi) is 9.63. The normalized spacial score (nSPS) is 21.5. The van der Waals surface area contributed by atoms with Crippen molar-refractivity contribution in [2.24, 2.45) is 0 Å². The monoisotopic (exact) mass is 778 g/mol. The van der Waals surface area contributed by atoms with Crippen LogP contribution in [0.4, 0.5) is 0 Å². The molecule has 2 saturated carbocycles. The summed E-state index contributed by atoms with van der Waals surface area (Å²) < 4.78 is 37.8. The molecule has 2 aliphatic carbocycles. The fourth-order valence-corrected chi connectivity index (χ4v) is 10.7. The molecule has 12 heteroatoms.